The lowest BCUT2D eigenvalue weighted by Gasteiger charge is -2.12. The van der Waals surface area contributed by atoms with E-state index in [4.69, 9.17) is 27.9 Å². The second-order valence-corrected chi connectivity index (χ2v) is 10.1. The molecule has 8 nitrogen and oxygen atoms in total. The van der Waals surface area contributed by atoms with Crippen molar-refractivity contribution < 1.29 is 17.9 Å². The third kappa shape index (κ3) is 5.60. The summed E-state index contributed by atoms with van der Waals surface area (Å²) in [6, 6.07) is 19.8. The molecule has 168 valence electrons. The number of carbonyl (C=O) groups excluding carboxylic acids is 1. The van der Waals surface area contributed by atoms with Gasteiger partial charge in [0, 0.05) is 5.02 Å². The standard InChI is InChI=1S/C21H14Cl2N4O4S2/c22-13-10-11-18(31-14-6-2-1-3-7-14)17(12-13)27-33(29,30)21-26-25-20(32-21)24-19(28)15-8-4-5-9-16(15)23/h1-12,27H,(H,24,25,28). The summed E-state index contributed by atoms with van der Waals surface area (Å²) >= 11 is 12.8. The van der Waals surface area contributed by atoms with Gasteiger partial charge in [0.05, 0.1) is 16.3 Å². The summed E-state index contributed by atoms with van der Waals surface area (Å²) in [7, 11) is -4.15. The van der Waals surface area contributed by atoms with E-state index in [0.717, 1.165) is 0 Å². The largest absolute Gasteiger partial charge is 0.455 e. The fourth-order valence-corrected chi connectivity index (χ4v) is 5.00. The van der Waals surface area contributed by atoms with Crippen LogP contribution in [0.1, 0.15) is 10.4 Å². The van der Waals surface area contributed by atoms with Crippen LogP contribution >= 0.6 is 34.5 Å². The molecule has 4 aromatic rings. The number of hydrogen-bond donors (Lipinski definition) is 2. The number of sulfonamides is 1. The van der Waals surface area contributed by atoms with E-state index in [0.29, 0.717) is 22.1 Å². The second kappa shape index (κ2) is 9.75. The van der Waals surface area contributed by atoms with Crippen molar-refractivity contribution in [3.63, 3.8) is 0 Å². The van der Waals surface area contributed by atoms with Crippen LogP contribution in [0, 0.1) is 0 Å². The molecule has 0 saturated carbocycles. The Morgan fingerprint density at radius 2 is 1.67 bits per heavy atom. The van der Waals surface area contributed by atoms with E-state index in [-0.39, 0.29) is 31.5 Å². The molecule has 1 amide bonds. The van der Waals surface area contributed by atoms with Crippen molar-refractivity contribution >= 4 is 61.3 Å². The lowest BCUT2D eigenvalue weighted by atomic mass is 10.2. The summed E-state index contributed by atoms with van der Waals surface area (Å²) in [5.74, 6) is 0.216. The Balaban J connectivity index is 1.54. The first-order valence-electron chi connectivity index (χ1n) is 9.26. The van der Waals surface area contributed by atoms with Crippen LogP contribution in [0.25, 0.3) is 0 Å². The van der Waals surface area contributed by atoms with Crippen LogP contribution < -0.4 is 14.8 Å². The summed E-state index contributed by atoms with van der Waals surface area (Å²) in [4.78, 5) is 12.4. The number of ether oxygens (including phenoxy) is 1. The van der Waals surface area contributed by atoms with E-state index in [9.17, 15) is 13.2 Å². The highest BCUT2D eigenvalue weighted by atomic mass is 35.5. The summed E-state index contributed by atoms with van der Waals surface area (Å²) in [5, 5.41) is 10.5. The maximum Gasteiger partial charge on any atom is 0.291 e. The minimum absolute atomic E-state index is 0.00727. The minimum atomic E-state index is -4.15. The van der Waals surface area contributed by atoms with Gasteiger partial charge in [0.2, 0.25) is 5.13 Å². The molecule has 3 aromatic carbocycles. The summed E-state index contributed by atoms with van der Waals surface area (Å²) in [6.07, 6.45) is 0. The number of carbonyl (C=O) groups is 1. The molecule has 1 aromatic heterocycles. The SMILES string of the molecule is O=C(Nc1nnc(S(=O)(=O)Nc2cc(Cl)ccc2Oc2ccccc2)s1)c1ccccc1Cl. The monoisotopic (exact) mass is 520 g/mol. The molecule has 0 aliphatic carbocycles. The number of nitrogens with one attached hydrogen (secondary N) is 2. The summed E-state index contributed by atoms with van der Waals surface area (Å²) in [6.45, 7) is 0. The van der Waals surface area contributed by atoms with E-state index in [2.05, 4.69) is 20.2 Å². The highest BCUT2D eigenvalue weighted by Gasteiger charge is 2.23. The van der Waals surface area contributed by atoms with Crippen molar-refractivity contribution in [1.29, 1.82) is 0 Å². The third-order valence-corrected chi connectivity index (χ3v) is 7.27. The molecule has 4 rings (SSSR count). The van der Waals surface area contributed by atoms with Crippen LogP contribution in [-0.4, -0.2) is 24.5 Å². The van der Waals surface area contributed by atoms with Crippen molar-refractivity contribution in [3.05, 3.63) is 88.4 Å². The van der Waals surface area contributed by atoms with Gasteiger partial charge in [-0.2, -0.15) is 8.42 Å². The molecule has 0 unspecified atom stereocenters. The first-order valence-corrected chi connectivity index (χ1v) is 12.3. The van der Waals surface area contributed by atoms with Crippen LogP contribution in [-0.2, 0) is 10.0 Å². The molecule has 0 aliphatic rings. The van der Waals surface area contributed by atoms with Crippen molar-refractivity contribution in [2.75, 3.05) is 10.0 Å². The van der Waals surface area contributed by atoms with Crippen molar-refractivity contribution in [2.45, 2.75) is 4.34 Å². The molecule has 0 bridgehead atoms. The van der Waals surface area contributed by atoms with Crippen molar-refractivity contribution in [1.82, 2.24) is 10.2 Å². The number of aromatic nitrogens is 2. The Bertz CT molecular complexity index is 1410. The molecule has 0 aliphatic heterocycles. The van der Waals surface area contributed by atoms with Gasteiger partial charge >= 0.3 is 0 Å². The van der Waals surface area contributed by atoms with Crippen LogP contribution in [0.2, 0.25) is 10.0 Å². The zero-order valence-corrected chi connectivity index (χ0v) is 19.7. The minimum Gasteiger partial charge on any atom is -0.455 e. The Kier molecular flexibility index (Phi) is 6.80. The average molecular weight is 521 g/mol. The normalized spacial score (nSPS) is 11.1. The summed E-state index contributed by atoms with van der Waals surface area (Å²) in [5.41, 5.74) is 0.335. The van der Waals surface area contributed by atoms with Gasteiger partial charge < -0.3 is 4.74 Å². The molecule has 0 spiro atoms. The predicted molar refractivity (Wildman–Crippen MR) is 128 cm³/mol. The van der Waals surface area contributed by atoms with Crippen LogP contribution in [0.15, 0.2) is 77.1 Å². The number of para-hydroxylation sites is 1. The molecule has 12 heteroatoms. The molecule has 33 heavy (non-hydrogen) atoms. The molecule has 0 atom stereocenters. The van der Waals surface area contributed by atoms with Gasteiger partial charge in [0.25, 0.3) is 20.3 Å². The molecular formula is C21H14Cl2N4O4S2. The average Bonchev–Trinajstić information content (AvgIpc) is 3.26. The Hall–Kier alpha value is -3.18. The molecule has 0 radical (unpaired) electrons. The fourth-order valence-electron chi connectivity index (χ4n) is 2.65. The van der Waals surface area contributed by atoms with Gasteiger partial charge in [0.15, 0.2) is 5.75 Å². The van der Waals surface area contributed by atoms with Gasteiger partial charge in [-0.05, 0) is 42.5 Å². The van der Waals surface area contributed by atoms with Crippen molar-refractivity contribution in [3.8, 4) is 11.5 Å². The lowest BCUT2D eigenvalue weighted by Crippen LogP contribution is -2.13. The van der Waals surface area contributed by atoms with Crippen LogP contribution in [0.3, 0.4) is 0 Å². The number of rotatable bonds is 7. The number of hydrogen-bond acceptors (Lipinski definition) is 7. The maximum absolute atomic E-state index is 12.9. The zero-order chi connectivity index (χ0) is 23.4. The van der Waals surface area contributed by atoms with Gasteiger partial charge in [-0.3, -0.25) is 14.8 Å². The number of halogens is 2. The van der Waals surface area contributed by atoms with Crippen LogP contribution in [0.5, 0.6) is 11.5 Å². The lowest BCUT2D eigenvalue weighted by molar-refractivity contribution is 0.102. The number of amides is 1. The first kappa shape index (κ1) is 23.0. The molecular weight excluding hydrogens is 507 g/mol. The Labute approximate surface area is 203 Å². The second-order valence-electron chi connectivity index (χ2n) is 6.47. The fraction of sp³-hybridized carbons (Fsp3) is 0. The van der Waals surface area contributed by atoms with E-state index < -0.39 is 15.9 Å². The smallest absolute Gasteiger partial charge is 0.291 e. The molecule has 0 fully saturated rings. The molecule has 2 N–H and O–H groups in total. The van der Waals surface area contributed by atoms with Gasteiger partial charge in [-0.15, -0.1) is 10.2 Å². The molecule has 1 heterocycles. The first-order chi connectivity index (χ1) is 15.8. The van der Waals surface area contributed by atoms with Crippen molar-refractivity contribution in [2.24, 2.45) is 0 Å². The van der Waals surface area contributed by atoms with Gasteiger partial charge in [-0.1, -0.05) is 64.9 Å². The Morgan fingerprint density at radius 3 is 2.42 bits per heavy atom. The van der Waals surface area contributed by atoms with E-state index in [1.165, 1.54) is 12.1 Å². The zero-order valence-electron chi connectivity index (χ0n) is 16.5. The highest BCUT2D eigenvalue weighted by Crippen LogP contribution is 2.34. The number of nitrogens with zero attached hydrogens (tertiary/aromatic N) is 2. The van der Waals surface area contributed by atoms with Crippen LogP contribution in [0.4, 0.5) is 10.8 Å². The van der Waals surface area contributed by atoms with E-state index in [1.807, 2.05) is 6.07 Å². The highest BCUT2D eigenvalue weighted by molar-refractivity contribution is 7.94. The maximum atomic E-state index is 12.9. The third-order valence-electron chi connectivity index (χ3n) is 4.13. The van der Waals surface area contributed by atoms with Gasteiger partial charge in [0.1, 0.15) is 5.75 Å². The Morgan fingerprint density at radius 1 is 0.939 bits per heavy atom. The number of benzene rings is 3. The van der Waals surface area contributed by atoms with Gasteiger partial charge in [-0.25, -0.2) is 0 Å². The number of anilines is 2. The summed E-state index contributed by atoms with van der Waals surface area (Å²) < 4.78 is 33.6. The quantitative estimate of drug-likeness (QED) is 0.303. The topological polar surface area (TPSA) is 110 Å². The predicted octanol–water partition coefficient (Wildman–Crippen LogP) is 5.69. The van der Waals surface area contributed by atoms with E-state index in [1.54, 1.807) is 54.6 Å². The van der Waals surface area contributed by atoms with E-state index >= 15 is 0 Å². The molecule has 0 saturated heterocycles.